The molecule has 15 nitrogen and oxygen atoms in total. The van der Waals surface area contributed by atoms with Gasteiger partial charge in [0.2, 0.25) is 17.7 Å². The molecule has 0 aliphatic heterocycles. The van der Waals surface area contributed by atoms with E-state index < -0.39 is 83.1 Å². The number of carbonyl (C=O) groups excluding carboxylic acids is 3. The monoisotopic (exact) mass is 818 g/mol. The van der Waals surface area contributed by atoms with Gasteiger partial charge in [-0.25, -0.2) is 8.78 Å². The molecule has 57 heavy (non-hydrogen) atoms. The van der Waals surface area contributed by atoms with Crippen LogP contribution in [0.25, 0.3) is 11.1 Å². The number of aliphatic carboxylic acids is 2. The molecular formula is C39H52F2N6O9S. The molecule has 0 bridgehead atoms. The molecule has 0 aliphatic rings. The van der Waals surface area contributed by atoms with Gasteiger partial charge in [0, 0.05) is 61.4 Å². The van der Waals surface area contributed by atoms with Gasteiger partial charge in [-0.2, -0.15) is 0 Å². The van der Waals surface area contributed by atoms with Crippen molar-refractivity contribution in [2.75, 3.05) is 45.2 Å². The summed E-state index contributed by atoms with van der Waals surface area (Å²) >= 11 is 0.758. The number of nitrogens with zero attached hydrogens (tertiary/aromatic N) is 2. The Morgan fingerprint density at radius 2 is 1.60 bits per heavy atom. The Balaban J connectivity index is 1.62. The molecule has 4 atom stereocenters. The largest absolute Gasteiger partial charge is 0.480 e. The summed E-state index contributed by atoms with van der Waals surface area (Å²) in [5.74, 6) is -5.68. The van der Waals surface area contributed by atoms with Crippen molar-refractivity contribution in [2.45, 2.75) is 63.5 Å². The lowest BCUT2D eigenvalue weighted by atomic mass is 9.82. The van der Waals surface area contributed by atoms with Crippen LogP contribution in [0.1, 0.15) is 50.9 Å². The molecule has 0 radical (unpaired) electrons. The maximum Gasteiger partial charge on any atom is 0.321 e. The molecule has 0 saturated heterocycles. The van der Waals surface area contributed by atoms with E-state index in [9.17, 15) is 38.6 Å². The molecule has 312 valence electrons. The highest BCUT2D eigenvalue weighted by Crippen LogP contribution is 2.41. The Labute approximate surface area is 334 Å². The Bertz CT molecular complexity index is 1820. The Hall–Kier alpha value is -4.88. The molecular weight excluding hydrogens is 767 g/mol. The number of ether oxygens (including phenoxy) is 1. The van der Waals surface area contributed by atoms with E-state index in [1.807, 2.05) is 55.7 Å². The lowest BCUT2D eigenvalue weighted by Crippen LogP contribution is -2.48. The SMILES string of the molecule is CC(C)(C)[C@H](c1cc(-c2cc(F)ccc2F)cn1Cc1ccccc1)N(CC[C@H](N)C(=O)NCCOCCNC(=O)CC(SCC(N)C(=O)O)C(=O)O)C(=O)CO. The first-order valence-corrected chi connectivity index (χ1v) is 19.3. The lowest BCUT2D eigenvalue weighted by molar-refractivity contribution is -0.140. The number of carbonyl (C=O) groups is 5. The minimum atomic E-state index is -1.28. The zero-order chi connectivity index (χ0) is 42.3. The number of hydrogen-bond donors (Lipinski definition) is 7. The van der Waals surface area contributed by atoms with Gasteiger partial charge in [-0.05, 0) is 41.7 Å². The quantitative estimate of drug-likeness (QED) is 0.0683. The van der Waals surface area contributed by atoms with Gasteiger partial charge in [0.1, 0.15) is 29.5 Å². The topological polar surface area (TPSA) is 240 Å². The number of aliphatic hydroxyl groups is 1. The average Bonchev–Trinajstić information content (AvgIpc) is 3.56. The summed E-state index contributed by atoms with van der Waals surface area (Å²) in [4.78, 5) is 62.3. The summed E-state index contributed by atoms with van der Waals surface area (Å²) in [6.07, 6.45) is 1.32. The van der Waals surface area contributed by atoms with Crippen LogP contribution in [-0.2, 0) is 35.3 Å². The number of aliphatic hydroxyl groups excluding tert-OH is 1. The molecule has 1 heterocycles. The zero-order valence-electron chi connectivity index (χ0n) is 32.2. The third-order valence-electron chi connectivity index (χ3n) is 8.81. The van der Waals surface area contributed by atoms with Gasteiger partial charge < -0.3 is 51.6 Å². The van der Waals surface area contributed by atoms with Crippen LogP contribution in [0, 0.1) is 17.0 Å². The second-order valence-electron chi connectivity index (χ2n) is 14.4. The number of amides is 3. The van der Waals surface area contributed by atoms with E-state index in [0.717, 1.165) is 35.5 Å². The van der Waals surface area contributed by atoms with Gasteiger partial charge in [0.05, 0.1) is 25.3 Å². The molecule has 3 aromatic rings. The van der Waals surface area contributed by atoms with Gasteiger partial charge >= 0.3 is 11.9 Å². The van der Waals surface area contributed by atoms with Crippen LogP contribution in [0.15, 0.2) is 60.8 Å². The number of benzene rings is 2. The molecule has 0 saturated carbocycles. The predicted octanol–water partition coefficient (Wildman–Crippen LogP) is 2.34. The lowest BCUT2D eigenvalue weighted by Gasteiger charge is -2.41. The van der Waals surface area contributed by atoms with Crippen LogP contribution in [0.3, 0.4) is 0 Å². The third kappa shape index (κ3) is 14.5. The molecule has 0 spiro atoms. The highest BCUT2D eigenvalue weighted by atomic mass is 32.2. The van der Waals surface area contributed by atoms with Gasteiger partial charge in [0.25, 0.3) is 0 Å². The third-order valence-corrected chi connectivity index (χ3v) is 10.1. The van der Waals surface area contributed by atoms with Gasteiger partial charge in [-0.3, -0.25) is 24.0 Å². The first-order chi connectivity index (χ1) is 26.9. The maximum atomic E-state index is 15.0. The van der Waals surface area contributed by atoms with Crippen molar-refractivity contribution >= 4 is 41.4 Å². The van der Waals surface area contributed by atoms with Crippen LogP contribution < -0.4 is 22.1 Å². The van der Waals surface area contributed by atoms with Crippen molar-refractivity contribution in [3.63, 3.8) is 0 Å². The number of carboxylic acids is 2. The molecule has 0 aliphatic carbocycles. The predicted molar refractivity (Wildman–Crippen MR) is 210 cm³/mol. The van der Waals surface area contributed by atoms with E-state index in [1.54, 1.807) is 12.3 Å². The maximum absolute atomic E-state index is 15.0. The fourth-order valence-electron chi connectivity index (χ4n) is 6.00. The average molecular weight is 819 g/mol. The van der Waals surface area contributed by atoms with Crippen molar-refractivity contribution in [3.05, 3.63) is 83.7 Å². The van der Waals surface area contributed by atoms with Gasteiger partial charge in [-0.1, -0.05) is 51.1 Å². The normalized spacial score (nSPS) is 13.6. The number of carboxylic acid groups (broad SMARTS) is 2. The fraction of sp³-hybridized carbons (Fsp3) is 0.462. The van der Waals surface area contributed by atoms with E-state index in [-0.39, 0.29) is 50.6 Å². The minimum Gasteiger partial charge on any atom is -0.480 e. The Morgan fingerprint density at radius 1 is 0.930 bits per heavy atom. The van der Waals surface area contributed by atoms with E-state index in [4.69, 9.17) is 21.3 Å². The molecule has 2 aromatic carbocycles. The summed E-state index contributed by atoms with van der Waals surface area (Å²) in [5, 5.41) is 32.3. The van der Waals surface area contributed by atoms with Crippen molar-refractivity contribution in [2.24, 2.45) is 16.9 Å². The van der Waals surface area contributed by atoms with Crippen LogP contribution in [0.2, 0.25) is 0 Å². The zero-order valence-corrected chi connectivity index (χ0v) is 33.0. The van der Waals surface area contributed by atoms with Crippen molar-refractivity contribution in [1.82, 2.24) is 20.1 Å². The number of rotatable bonds is 23. The van der Waals surface area contributed by atoms with E-state index in [1.165, 1.54) is 4.90 Å². The van der Waals surface area contributed by atoms with Crippen LogP contribution in [0.5, 0.6) is 0 Å². The first kappa shape index (κ1) is 46.5. The standard InChI is InChI=1S/C39H52F2N6O9S/c1-39(2,3)35(31-17-25(27-18-26(40)9-10-28(27)41)21-46(31)20-24-7-5-4-6-8-24)47(34(50)22-48)14-11-29(42)36(51)45-13-16-56-15-12-44-33(49)19-32(38(54)55)57-23-30(43)37(52)53/h4-10,17-18,21,29-30,32,35,48H,11-16,19-20,22-23,42-43H2,1-3H3,(H,44,49)(H,45,51)(H,52,53)(H,54,55)/t29-,30?,32?,35-/m0/s1. The summed E-state index contributed by atoms with van der Waals surface area (Å²) in [6, 6.07) is 11.3. The fourth-order valence-corrected chi connectivity index (χ4v) is 7.00. The highest BCUT2D eigenvalue weighted by Gasteiger charge is 2.37. The molecule has 0 fully saturated rings. The van der Waals surface area contributed by atoms with E-state index in [0.29, 0.717) is 17.8 Å². The van der Waals surface area contributed by atoms with Crippen LogP contribution in [0.4, 0.5) is 8.78 Å². The molecule has 2 unspecified atom stereocenters. The summed E-state index contributed by atoms with van der Waals surface area (Å²) in [6.45, 7) is 5.43. The van der Waals surface area contributed by atoms with Crippen LogP contribution >= 0.6 is 11.8 Å². The smallest absolute Gasteiger partial charge is 0.321 e. The highest BCUT2D eigenvalue weighted by molar-refractivity contribution is 8.00. The number of nitrogens with two attached hydrogens (primary N) is 2. The number of halogens is 2. The molecule has 9 N–H and O–H groups in total. The van der Waals surface area contributed by atoms with Crippen molar-refractivity contribution in [1.29, 1.82) is 0 Å². The van der Waals surface area contributed by atoms with Crippen molar-refractivity contribution in [3.8, 4) is 11.1 Å². The summed E-state index contributed by atoms with van der Waals surface area (Å²) < 4.78 is 36.6. The Morgan fingerprint density at radius 3 is 2.21 bits per heavy atom. The number of thioether (sulfide) groups is 1. The first-order valence-electron chi connectivity index (χ1n) is 18.2. The van der Waals surface area contributed by atoms with E-state index in [2.05, 4.69) is 10.6 Å². The molecule has 3 rings (SSSR count). The van der Waals surface area contributed by atoms with Gasteiger partial charge in [0.15, 0.2) is 0 Å². The number of nitrogens with one attached hydrogen (secondary N) is 2. The molecule has 3 amide bonds. The number of aromatic nitrogens is 1. The summed E-state index contributed by atoms with van der Waals surface area (Å²) in [5.41, 5.74) is 12.9. The van der Waals surface area contributed by atoms with Crippen LogP contribution in [-0.4, -0.2) is 117 Å². The van der Waals surface area contributed by atoms with Gasteiger partial charge in [-0.15, -0.1) is 11.8 Å². The minimum absolute atomic E-state index is 0.0136. The summed E-state index contributed by atoms with van der Waals surface area (Å²) in [7, 11) is 0. The number of hydrogen-bond acceptors (Lipinski definition) is 10. The Kier molecular flexibility index (Phi) is 18.1. The van der Waals surface area contributed by atoms with Crippen molar-refractivity contribution < 1.29 is 52.8 Å². The second kappa shape index (κ2) is 22.2. The molecule has 18 heteroatoms. The molecule has 1 aromatic heterocycles. The second-order valence-corrected chi connectivity index (χ2v) is 15.6. The van der Waals surface area contributed by atoms with E-state index >= 15 is 4.39 Å².